The SMILES string of the molecule is CNc1nc(-c2cc(Br)c(Cl)s2)nc(COC)c1I. The van der Waals surface area contributed by atoms with Crippen LogP contribution < -0.4 is 5.32 Å². The number of nitrogens with one attached hydrogen (secondary N) is 1. The van der Waals surface area contributed by atoms with Gasteiger partial charge in [0.2, 0.25) is 0 Å². The van der Waals surface area contributed by atoms with E-state index in [2.05, 4.69) is 53.8 Å². The number of rotatable bonds is 4. The summed E-state index contributed by atoms with van der Waals surface area (Å²) in [5.74, 6) is 1.44. The summed E-state index contributed by atoms with van der Waals surface area (Å²) >= 11 is 13.1. The van der Waals surface area contributed by atoms with Crippen LogP contribution in [0.3, 0.4) is 0 Å². The highest BCUT2D eigenvalue weighted by atomic mass is 127. The average Bonchev–Trinajstić information content (AvgIpc) is 2.72. The van der Waals surface area contributed by atoms with Gasteiger partial charge in [-0.3, -0.25) is 0 Å². The quantitative estimate of drug-likeness (QED) is 0.667. The predicted octanol–water partition coefficient (Wildman–Crippen LogP) is 4.41. The van der Waals surface area contributed by atoms with Gasteiger partial charge in [-0.15, -0.1) is 11.3 Å². The number of nitrogens with zero attached hydrogens (tertiary/aromatic N) is 2. The van der Waals surface area contributed by atoms with E-state index >= 15 is 0 Å². The summed E-state index contributed by atoms with van der Waals surface area (Å²) in [4.78, 5) is 9.97. The fraction of sp³-hybridized carbons (Fsp3) is 0.273. The molecule has 0 bridgehead atoms. The van der Waals surface area contributed by atoms with E-state index in [0.29, 0.717) is 16.8 Å². The summed E-state index contributed by atoms with van der Waals surface area (Å²) in [7, 11) is 3.48. The van der Waals surface area contributed by atoms with Crippen LogP contribution in [-0.4, -0.2) is 24.1 Å². The van der Waals surface area contributed by atoms with Crippen LogP contribution >= 0.6 is 61.5 Å². The number of hydrogen-bond donors (Lipinski definition) is 1. The van der Waals surface area contributed by atoms with Crippen LogP contribution in [0.1, 0.15) is 5.69 Å². The molecule has 0 spiro atoms. The van der Waals surface area contributed by atoms with Crippen molar-refractivity contribution in [3.8, 4) is 10.7 Å². The van der Waals surface area contributed by atoms with Gasteiger partial charge in [0.05, 0.1) is 20.7 Å². The molecule has 4 nitrogen and oxygen atoms in total. The van der Waals surface area contributed by atoms with Crippen molar-refractivity contribution in [1.82, 2.24) is 9.97 Å². The van der Waals surface area contributed by atoms with Gasteiger partial charge >= 0.3 is 0 Å². The first-order valence-corrected chi connectivity index (χ1v) is 8.31. The Morgan fingerprint density at radius 1 is 1.53 bits per heavy atom. The molecule has 0 aliphatic carbocycles. The standard InChI is InChI=1S/C11H10BrClIN3OS/c1-15-11-8(14)6(4-18-2)16-10(17-11)7-3-5(12)9(13)19-7/h3H,4H2,1-2H3,(H,15,16,17). The molecular formula is C11H10BrClIN3OS. The van der Waals surface area contributed by atoms with Gasteiger partial charge in [-0.05, 0) is 44.6 Å². The van der Waals surface area contributed by atoms with Gasteiger partial charge in [0, 0.05) is 18.6 Å². The molecule has 0 fully saturated rings. The molecule has 2 aromatic rings. The van der Waals surface area contributed by atoms with Gasteiger partial charge in [-0.2, -0.15) is 0 Å². The lowest BCUT2D eigenvalue weighted by Crippen LogP contribution is -2.05. The van der Waals surface area contributed by atoms with Crippen molar-refractivity contribution in [1.29, 1.82) is 0 Å². The molecule has 19 heavy (non-hydrogen) atoms. The fourth-order valence-electron chi connectivity index (χ4n) is 1.46. The summed E-state index contributed by atoms with van der Waals surface area (Å²) < 4.78 is 7.69. The third-order valence-corrected chi connectivity index (χ3v) is 5.91. The van der Waals surface area contributed by atoms with Gasteiger partial charge in [0.15, 0.2) is 5.82 Å². The molecule has 0 aliphatic heterocycles. The molecule has 0 saturated heterocycles. The van der Waals surface area contributed by atoms with E-state index in [0.717, 1.165) is 24.4 Å². The lowest BCUT2D eigenvalue weighted by Gasteiger charge is -2.09. The van der Waals surface area contributed by atoms with Crippen molar-refractivity contribution in [3.05, 3.63) is 24.1 Å². The highest BCUT2D eigenvalue weighted by Gasteiger charge is 2.15. The molecule has 0 aliphatic rings. The Labute approximate surface area is 142 Å². The average molecular weight is 475 g/mol. The first-order valence-electron chi connectivity index (χ1n) is 5.25. The Kier molecular flexibility index (Phi) is 5.41. The van der Waals surface area contributed by atoms with Crippen molar-refractivity contribution in [3.63, 3.8) is 0 Å². The minimum atomic E-state index is 0.447. The highest BCUT2D eigenvalue weighted by molar-refractivity contribution is 14.1. The number of aromatic nitrogens is 2. The first-order chi connectivity index (χ1) is 9.06. The molecule has 0 saturated carbocycles. The maximum absolute atomic E-state index is 6.06. The molecule has 1 N–H and O–H groups in total. The van der Waals surface area contributed by atoms with Crippen molar-refractivity contribution in [2.75, 3.05) is 19.5 Å². The molecular weight excluding hydrogens is 464 g/mol. The van der Waals surface area contributed by atoms with E-state index in [4.69, 9.17) is 16.3 Å². The Balaban J connectivity index is 2.54. The minimum absolute atomic E-state index is 0.447. The highest BCUT2D eigenvalue weighted by Crippen LogP contribution is 2.37. The molecule has 2 rings (SSSR count). The molecule has 0 radical (unpaired) electrons. The summed E-state index contributed by atoms with van der Waals surface area (Å²) in [5.41, 5.74) is 0.859. The maximum Gasteiger partial charge on any atom is 0.172 e. The summed E-state index contributed by atoms with van der Waals surface area (Å²) in [6.45, 7) is 0.447. The van der Waals surface area contributed by atoms with E-state index in [1.165, 1.54) is 11.3 Å². The normalized spacial score (nSPS) is 10.8. The number of ether oxygens (including phenoxy) is 1. The zero-order valence-corrected chi connectivity index (χ0v) is 15.4. The molecule has 0 aromatic carbocycles. The summed E-state index contributed by atoms with van der Waals surface area (Å²) in [6, 6.07) is 1.92. The van der Waals surface area contributed by atoms with Gasteiger partial charge < -0.3 is 10.1 Å². The Hall–Kier alpha value is 0.0400. The lowest BCUT2D eigenvalue weighted by atomic mass is 10.3. The monoisotopic (exact) mass is 473 g/mol. The second-order valence-corrected chi connectivity index (χ2v) is 7.16. The van der Waals surface area contributed by atoms with Crippen molar-refractivity contribution in [2.24, 2.45) is 0 Å². The van der Waals surface area contributed by atoms with Crippen LogP contribution in [0, 0.1) is 3.57 Å². The molecule has 0 amide bonds. The second-order valence-electron chi connectivity index (χ2n) is 3.57. The fourth-order valence-corrected chi connectivity index (χ4v) is 3.76. The van der Waals surface area contributed by atoms with Crippen molar-refractivity contribution < 1.29 is 4.74 Å². The maximum atomic E-state index is 6.06. The first kappa shape index (κ1) is 15.4. The number of anilines is 1. The van der Waals surface area contributed by atoms with Crippen LogP contribution in [0.4, 0.5) is 5.82 Å². The van der Waals surface area contributed by atoms with Crippen LogP contribution in [-0.2, 0) is 11.3 Å². The number of halogens is 3. The molecule has 2 heterocycles. The topological polar surface area (TPSA) is 47.0 Å². The van der Waals surface area contributed by atoms with E-state index < -0.39 is 0 Å². The third-order valence-electron chi connectivity index (χ3n) is 2.30. The zero-order chi connectivity index (χ0) is 14.0. The van der Waals surface area contributed by atoms with E-state index in [1.807, 2.05) is 13.1 Å². The molecule has 2 aromatic heterocycles. The minimum Gasteiger partial charge on any atom is -0.378 e. The summed E-state index contributed by atoms with van der Waals surface area (Å²) in [5, 5.41) is 3.07. The number of methoxy groups -OCH3 is 1. The van der Waals surface area contributed by atoms with Crippen molar-refractivity contribution in [2.45, 2.75) is 6.61 Å². The van der Waals surface area contributed by atoms with Gasteiger partial charge in [-0.1, -0.05) is 11.6 Å². The Morgan fingerprint density at radius 2 is 2.26 bits per heavy atom. The third kappa shape index (κ3) is 3.38. The number of hydrogen-bond acceptors (Lipinski definition) is 5. The zero-order valence-electron chi connectivity index (χ0n) is 10.1. The largest absolute Gasteiger partial charge is 0.378 e. The van der Waals surface area contributed by atoms with Gasteiger partial charge in [0.1, 0.15) is 10.2 Å². The molecule has 0 atom stereocenters. The molecule has 102 valence electrons. The molecule has 0 unspecified atom stereocenters. The van der Waals surface area contributed by atoms with Crippen LogP contribution in [0.25, 0.3) is 10.7 Å². The van der Waals surface area contributed by atoms with Crippen LogP contribution in [0.5, 0.6) is 0 Å². The van der Waals surface area contributed by atoms with Crippen molar-refractivity contribution >= 4 is 67.3 Å². The van der Waals surface area contributed by atoms with E-state index in [9.17, 15) is 0 Å². The van der Waals surface area contributed by atoms with Gasteiger partial charge in [0.25, 0.3) is 0 Å². The van der Waals surface area contributed by atoms with E-state index in [1.54, 1.807) is 7.11 Å². The van der Waals surface area contributed by atoms with Gasteiger partial charge in [-0.25, -0.2) is 9.97 Å². The smallest absolute Gasteiger partial charge is 0.172 e. The van der Waals surface area contributed by atoms with E-state index in [-0.39, 0.29) is 0 Å². The predicted molar refractivity (Wildman–Crippen MR) is 91.0 cm³/mol. The van der Waals surface area contributed by atoms with Crippen LogP contribution in [0.2, 0.25) is 4.34 Å². The Morgan fingerprint density at radius 3 is 2.79 bits per heavy atom. The molecule has 8 heteroatoms. The second kappa shape index (κ2) is 6.66. The lowest BCUT2D eigenvalue weighted by molar-refractivity contribution is 0.181. The van der Waals surface area contributed by atoms with Crippen LogP contribution in [0.15, 0.2) is 10.5 Å². The Bertz CT molecular complexity index is 588. The number of thiophene rings is 1. The summed E-state index contributed by atoms with van der Waals surface area (Å²) in [6.07, 6.45) is 0.